The van der Waals surface area contributed by atoms with E-state index in [1.807, 2.05) is 0 Å². The highest BCUT2D eigenvalue weighted by molar-refractivity contribution is 5.71. The molecule has 474 valence electrons. The predicted molar refractivity (Wildman–Crippen MR) is 353 cm³/mol. The van der Waals surface area contributed by atoms with Crippen molar-refractivity contribution in [1.29, 1.82) is 0 Å². The van der Waals surface area contributed by atoms with E-state index in [9.17, 15) is 14.4 Å². The number of hydrogen-bond acceptors (Lipinski definition) is 6. The fourth-order valence-electron chi connectivity index (χ4n) is 11.0. The molecule has 6 heteroatoms. The van der Waals surface area contributed by atoms with Crippen LogP contribution in [0.4, 0.5) is 0 Å². The van der Waals surface area contributed by atoms with Gasteiger partial charge in [-0.2, -0.15) is 0 Å². The van der Waals surface area contributed by atoms with Crippen molar-refractivity contribution in [2.24, 2.45) is 0 Å². The first-order valence-electron chi connectivity index (χ1n) is 36.1. The van der Waals surface area contributed by atoms with Gasteiger partial charge in [-0.05, 0) is 57.8 Å². The summed E-state index contributed by atoms with van der Waals surface area (Å²) in [6, 6.07) is 0. The van der Waals surface area contributed by atoms with Gasteiger partial charge in [0.15, 0.2) is 6.10 Å². The summed E-state index contributed by atoms with van der Waals surface area (Å²) in [7, 11) is 0. The maximum Gasteiger partial charge on any atom is 0.306 e. The average Bonchev–Trinajstić information content (AvgIpc) is 3.47. The van der Waals surface area contributed by atoms with Crippen LogP contribution in [0.15, 0.2) is 48.6 Å². The van der Waals surface area contributed by atoms with Crippen LogP contribution in [0.1, 0.15) is 393 Å². The summed E-state index contributed by atoms with van der Waals surface area (Å²) in [5.74, 6) is -0.833. The van der Waals surface area contributed by atoms with E-state index in [0.29, 0.717) is 19.3 Å². The largest absolute Gasteiger partial charge is 0.462 e. The highest BCUT2D eigenvalue weighted by Gasteiger charge is 2.19. The Bertz CT molecular complexity index is 1400. The Balaban J connectivity index is 4.20. The van der Waals surface area contributed by atoms with Crippen molar-refractivity contribution >= 4 is 17.9 Å². The standard InChI is InChI=1S/C75H138O6/c1-4-7-10-13-16-19-22-25-28-30-32-34-35-36-37-38-39-40-41-42-44-45-47-50-53-56-59-62-65-68-74(77)80-71-72(70-79-73(76)67-64-61-58-55-52-49-27-24-21-18-15-12-9-6-3)81-75(78)69-66-63-60-57-54-51-48-46-43-33-31-29-26-23-20-17-14-11-8-5-2/h7,10,16,19,25,28,32,34,72H,4-6,8-9,11-15,17-18,20-24,26-27,29-31,33,35-71H2,1-3H3/b10-7-,19-16-,28-25-,34-32-. The summed E-state index contributed by atoms with van der Waals surface area (Å²) in [5, 5.41) is 0. The highest BCUT2D eigenvalue weighted by atomic mass is 16.6. The van der Waals surface area contributed by atoms with Crippen LogP contribution in [0.25, 0.3) is 0 Å². The van der Waals surface area contributed by atoms with Gasteiger partial charge in [0.1, 0.15) is 13.2 Å². The topological polar surface area (TPSA) is 78.9 Å². The molecule has 0 bridgehead atoms. The molecule has 0 aliphatic rings. The summed E-state index contributed by atoms with van der Waals surface area (Å²) >= 11 is 0. The Morgan fingerprint density at radius 2 is 0.481 bits per heavy atom. The van der Waals surface area contributed by atoms with Gasteiger partial charge in [0.2, 0.25) is 0 Å². The zero-order valence-electron chi connectivity index (χ0n) is 54.6. The third kappa shape index (κ3) is 68.0. The zero-order chi connectivity index (χ0) is 58.5. The van der Waals surface area contributed by atoms with E-state index in [1.165, 1.54) is 270 Å². The number of carbonyl (C=O) groups is 3. The van der Waals surface area contributed by atoms with Crippen LogP contribution >= 0.6 is 0 Å². The van der Waals surface area contributed by atoms with Crippen LogP contribution in [-0.4, -0.2) is 37.2 Å². The van der Waals surface area contributed by atoms with Crippen molar-refractivity contribution in [1.82, 2.24) is 0 Å². The molecule has 0 radical (unpaired) electrons. The lowest BCUT2D eigenvalue weighted by molar-refractivity contribution is -0.167. The van der Waals surface area contributed by atoms with Gasteiger partial charge in [-0.15, -0.1) is 0 Å². The number of unbranched alkanes of at least 4 members (excludes halogenated alkanes) is 48. The van der Waals surface area contributed by atoms with Crippen LogP contribution in [0.2, 0.25) is 0 Å². The molecule has 0 rings (SSSR count). The second-order valence-electron chi connectivity index (χ2n) is 24.5. The molecule has 0 aromatic heterocycles. The van der Waals surface area contributed by atoms with Crippen LogP contribution in [0.5, 0.6) is 0 Å². The molecule has 0 aliphatic heterocycles. The van der Waals surface area contributed by atoms with Crippen LogP contribution in [-0.2, 0) is 28.6 Å². The van der Waals surface area contributed by atoms with E-state index < -0.39 is 6.10 Å². The number of rotatable bonds is 67. The van der Waals surface area contributed by atoms with Crippen molar-refractivity contribution in [2.45, 2.75) is 399 Å². The maximum absolute atomic E-state index is 13.0. The Labute approximate surface area is 505 Å². The Hall–Kier alpha value is -2.63. The lowest BCUT2D eigenvalue weighted by Gasteiger charge is -2.18. The quantitative estimate of drug-likeness (QED) is 0.0261. The van der Waals surface area contributed by atoms with E-state index in [0.717, 1.165) is 83.5 Å². The zero-order valence-corrected chi connectivity index (χ0v) is 54.6. The monoisotopic (exact) mass is 1140 g/mol. The molecule has 81 heavy (non-hydrogen) atoms. The van der Waals surface area contributed by atoms with Crippen LogP contribution in [0, 0.1) is 0 Å². The molecule has 0 aromatic rings. The molecule has 0 N–H and O–H groups in total. The molecule has 0 saturated carbocycles. The minimum Gasteiger partial charge on any atom is -0.462 e. The molecule has 0 aromatic carbocycles. The molecule has 0 fully saturated rings. The third-order valence-corrected chi connectivity index (χ3v) is 16.3. The van der Waals surface area contributed by atoms with Gasteiger partial charge in [0.05, 0.1) is 0 Å². The Morgan fingerprint density at radius 3 is 0.753 bits per heavy atom. The van der Waals surface area contributed by atoms with E-state index in [2.05, 4.69) is 69.4 Å². The Morgan fingerprint density at radius 1 is 0.259 bits per heavy atom. The summed E-state index contributed by atoms with van der Waals surface area (Å²) in [6.45, 7) is 6.61. The smallest absolute Gasteiger partial charge is 0.306 e. The van der Waals surface area contributed by atoms with Gasteiger partial charge in [-0.1, -0.05) is 365 Å². The molecule has 0 amide bonds. The fraction of sp³-hybridized carbons (Fsp3) is 0.853. The second kappa shape index (κ2) is 69.9. The number of allylic oxidation sites excluding steroid dienone is 8. The molecular formula is C75H138O6. The number of ether oxygens (including phenoxy) is 3. The first-order chi connectivity index (χ1) is 40.0. The van der Waals surface area contributed by atoms with Crippen LogP contribution in [0.3, 0.4) is 0 Å². The average molecular weight is 1140 g/mol. The number of esters is 3. The van der Waals surface area contributed by atoms with E-state index in [4.69, 9.17) is 14.2 Å². The lowest BCUT2D eigenvalue weighted by Crippen LogP contribution is -2.30. The van der Waals surface area contributed by atoms with Gasteiger partial charge in [-0.25, -0.2) is 0 Å². The molecule has 0 aliphatic carbocycles. The van der Waals surface area contributed by atoms with Gasteiger partial charge in [-0.3, -0.25) is 14.4 Å². The van der Waals surface area contributed by atoms with Crippen molar-refractivity contribution < 1.29 is 28.6 Å². The molecule has 1 atom stereocenters. The van der Waals surface area contributed by atoms with Gasteiger partial charge < -0.3 is 14.2 Å². The summed E-state index contributed by atoms with van der Waals surface area (Å²) < 4.78 is 17.0. The summed E-state index contributed by atoms with van der Waals surface area (Å²) in [4.78, 5) is 38.5. The highest BCUT2D eigenvalue weighted by Crippen LogP contribution is 2.19. The fourth-order valence-corrected chi connectivity index (χ4v) is 11.0. The first kappa shape index (κ1) is 78.4. The number of hydrogen-bond donors (Lipinski definition) is 0. The minimum absolute atomic E-state index is 0.0652. The molecule has 0 heterocycles. The van der Waals surface area contributed by atoms with Crippen molar-refractivity contribution in [3.8, 4) is 0 Å². The first-order valence-corrected chi connectivity index (χ1v) is 36.1. The molecule has 1 unspecified atom stereocenters. The van der Waals surface area contributed by atoms with E-state index >= 15 is 0 Å². The van der Waals surface area contributed by atoms with Gasteiger partial charge in [0, 0.05) is 19.3 Å². The van der Waals surface area contributed by atoms with Gasteiger partial charge >= 0.3 is 17.9 Å². The van der Waals surface area contributed by atoms with Crippen molar-refractivity contribution in [3.05, 3.63) is 48.6 Å². The summed E-state index contributed by atoms with van der Waals surface area (Å²) in [6.07, 6.45) is 88.6. The second-order valence-corrected chi connectivity index (χ2v) is 24.5. The molecule has 0 spiro atoms. The number of carbonyl (C=O) groups excluding carboxylic acids is 3. The SMILES string of the molecule is CC/C=C\C/C=C\C/C=C\C/C=C\CCCCCCCCCCCCCCCCCCC(=O)OCC(COC(=O)CCCCCCCCCCCCCCCC)OC(=O)CCCCCCCCCCCCCCCCCCCCCC. The minimum atomic E-state index is -0.769. The summed E-state index contributed by atoms with van der Waals surface area (Å²) in [5.41, 5.74) is 0. The molecular weight excluding hydrogens is 997 g/mol. The lowest BCUT2D eigenvalue weighted by atomic mass is 10.0. The maximum atomic E-state index is 13.0. The van der Waals surface area contributed by atoms with Crippen molar-refractivity contribution in [2.75, 3.05) is 13.2 Å². The van der Waals surface area contributed by atoms with Crippen LogP contribution < -0.4 is 0 Å². The molecule has 6 nitrogen and oxygen atoms in total. The molecule has 0 saturated heterocycles. The third-order valence-electron chi connectivity index (χ3n) is 16.3. The van der Waals surface area contributed by atoms with Gasteiger partial charge in [0.25, 0.3) is 0 Å². The van der Waals surface area contributed by atoms with E-state index in [-0.39, 0.29) is 31.1 Å². The van der Waals surface area contributed by atoms with Crippen molar-refractivity contribution in [3.63, 3.8) is 0 Å². The van der Waals surface area contributed by atoms with E-state index in [1.54, 1.807) is 0 Å². The predicted octanol–water partition coefficient (Wildman–Crippen LogP) is 24.9. The normalized spacial score (nSPS) is 12.3. The Kier molecular flexibility index (Phi) is 67.6.